The third-order valence-corrected chi connectivity index (χ3v) is 6.48. The van der Waals surface area contributed by atoms with E-state index < -0.39 is 0 Å². The molecule has 6 heteroatoms. The smallest absolute Gasteiger partial charge is 0.191 e. The van der Waals surface area contributed by atoms with Crippen LogP contribution in [0.3, 0.4) is 0 Å². The molecule has 0 aromatic heterocycles. The predicted octanol–water partition coefficient (Wildman–Crippen LogP) is 4.53. The maximum Gasteiger partial charge on any atom is 0.191 e. The first-order valence-electron chi connectivity index (χ1n) is 10.1. The molecule has 2 fully saturated rings. The van der Waals surface area contributed by atoms with E-state index in [9.17, 15) is 0 Å². The number of nitrogens with zero attached hydrogens (tertiary/aromatic N) is 2. The molecule has 2 aliphatic rings. The summed E-state index contributed by atoms with van der Waals surface area (Å²) in [6, 6.07) is 9.79. The van der Waals surface area contributed by atoms with Crippen molar-refractivity contribution in [2.75, 3.05) is 26.2 Å². The molecule has 1 aliphatic heterocycles. The van der Waals surface area contributed by atoms with Crippen LogP contribution >= 0.6 is 39.9 Å². The highest BCUT2D eigenvalue weighted by Crippen LogP contribution is 2.50. The Morgan fingerprint density at radius 2 is 1.93 bits per heavy atom. The topological polar surface area (TPSA) is 39.7 Å². The van der Waals surface area contributed by atoms with E-state index in [2.05, 4.69) is 76.5 Å². The molecule has 2 N–H and O–H groups in total. The largest absolute Gasteiger partial charge is 0.357 e. The van der Waals surface area contributed by atoms with Crippen LogP contribution in [0.15, 0.2) is 33.7 Å². The number of halogens is 2. The first-order chi connectivity index (χ1) is 12.5. The third kappa shape index (κ3) is 6.07. The van der Waals surface area contributed by atoms with Crippen molar-refractivity contribution in [3.8, 4) is 0 Å². The van der Waals surface area contributed by atoms with Gasteiger partial charge in [-0.05, 0) is 58.1 Å². The maximum atomic E-state index is 4.97. The number of hydrogen-bond donors (Lipinski definition) is 2. The first-order valence-corrected chi connectivity index (χ1v) is 10.9. The second kappa shape index (κ2) is 10.4. The van der Waals surface area contributed by atoms with E-state index in [0.717, 1.165) is 19.0 Å². The van der Waals surface area contributed by atoms with Crippen LogP contribution in [0.5, 0.6) is 0 Å². The Morgan fingerprint density at radius 3 is 2.48 bits per heavy atom. The average molecular weight is 549 g/mol. The van der Waals surface area contributed by atoms with E-state index in [0.29, 0.717) is 12.1 Å². The Kier molecular flexibility index (Phi) is 8.87. The molecule has 1 aromatic rings. The van der Waals surface area contributed by atoms with Gasteiger partial charge in [-0.15, -0.1) is 24.0 Å². The van der Waals surface area contributed by atoms with Crippen molar-refractivity contribution >= 4 is 45.9 Å². The molecule has 1 heterocycles. The van der Waals surface area contributed by atoms with Crippen molar-refractivity contribution in [1.82, 2.24) is 15.5 Å². The van der Waals surface area contributed by atoms with Crippen molar-refractivity contribution in [2.24, 2.45) is 4.99 Å². The third-order valence-electron chi connectivity index (χ3n) is 5.78. The lowest BCUT2D eigenvalue weighted by Gasteiger charge is -2.35. The number of likely N-dealkylation sites (tertiary alicyclic amines) is 1. The van der Waals surface area contributed by atoms with Gasteiger partial charge < -0.3 is 15.5 Å². The summed E-state index contributed by atoms with van der Waals surface area (Å²) in [7, 11) is 0. The number of piperidine rings is 1. The zero-order chi connectivity index (χ0) is 18.6. The van der Waals surface area contributed by atoms with E-state index in [4.69, 9.17) is 4.99 Å². The molecule has 0 bridgehead atoms. The highest BCUT2D eigenvalue weighted by Gasteiger charge is 2.45. The summed E-state index contributed by atoms with van der Waals surface area (Å²) in [6.07, 6.45) is 4.84. The Hall–Kier alpha value is -0.340. The minimum Gasteiger partial charge on any atom is -0.357 e. The van der Waals surface area contributed by atoms with Gasteiger partial charge >= 0.3 is 0 Å². The predicted molar refractivity (Wildman–Crippen MR) is 129 cm³/mol. The second-order valence-electron chi connectivity index (χ2n) is 8.00. The van der Waals surface area contributed by atoms with Crippen molar-refractivity contribution in [2.45, 2.75) is 64.0 Å². The van der Waals surface area contributed by atoms with E-state index in [1.54, 1.807) is 0 Å². The van der Waals surface area contributed by atoms with Gasteiger partial charge in [0, 0.05) is 41.6 Å². The number of aliphatic imine (C=N–C) groups is 1. The lowest BCUT2D eigenvalue weighted by atomic mass is 9.96. The van der Waals surface area contributed by atoms with E-state index in [-0.39, 0.29) is 29.4 Å². The molecule has 4 nitrogen and oxygen atoms in total. The number of hydrogen-bond acceptors (Lipinski definition) is 2. The summed E-state index contributed by atoms with van der Waals surface area (Å²) in [5, 5.41) is 7.13. The monoisotopic (exact) mass is 548 g/mol. The van der Waals surface area contributed by atoms with Gasteiger partial charge in [-0.1, -0.05) is 34.1 Å². The van der Waals surface area contributed by atoms with Crippen molar-refractivity contribution in [3.63, 3.8) is 0 Å². The van der Waals surface area contributed by atoms with Gasteiger partial charge in [-0.25, -0.2) is 0 Å². The fourth-order valence-corrected chi connectivity index (χ4v) is 4.56. The van der Waals surface area contributed by atoms with Gasteiger partial charge in [0.05, 0.1) is 6.54 Å². The van der Waals surface area contributed by atoms with Crippen molar-refractivity contribution in [3.05, 3.63) is 34.3 Å². The Labute approximate surface area is 190 Å². The summed E-state index contributed by atoms with van der Waals surface area (Å²) < 4.78 is 1.21. The van der Waals surface area contributed by atoms with Crippen molar-refractivity contribution < 1.29 is 0 Å². The molecule has 1 saturated carbocycles. The van der Waals surface area contributed by atoms with Crippen LogP contribution in [-0.4, -0.2) is 49.1 Å². The zero-order valence-electron chi connectivity index (χ0n) is 16.8. The molecule has 0 atom stereocenters. The summed E-state index contributed by atoms with van der Waals surface area (Å²) in [5.74, 6) is 0.980. The second-order valence-corrected chi connectivity index (χ2v) is 8.86. The van der Waals surface area contributed by atoms with Crippen LogP contribution in [0.1, 0.15) is 52.0 Å². The zero-order valence-corrected chi connectivity index (χ0v) is 20.7. The Bertz CT molecular complexity index is 622. The van der Waals surface area contributed by atoms with Gasteiger partial charge in [0.25, 0.3) is 0 Å². The fraction of sp³-hybridized carbons (Fsp3) is 0.667. The highest BCUT2D eigenvalue weighted by atomic mass is 127. The molecular weight excluding hydrogens is 515 g/mol. The summed E-state index contributed by atoms with van der Waals surface area (Å²) in [5.41, 5.74) is 1.63. The number of benzene rings is 1. The molecule has 0 spiro atoms. The highest BCUT2D eigenvalue weighted by molar-refractivity contribution is 14.0. The number of guanidine groups is 1. The fourth-order valence-electron chi connectivity index (χ4n) is 3.86. The minimum absolute atomic E-state index is 0. The summed E-state index contributed by atoms with van der Waals surface area (Å²) in [6.45, 7) is 10.8. The average Bonchev–Trinajstić information content (AvgIpc) is 3.42. The van der Waals surface area contributed by atoms with Crippen LogP contribution < -0.4 is 10.6 Å². The maximum absolute atomic E-state index is 4.97. The molecule has 3 rings (SSSR count). The minimum atomic E-state index is 0. The van der Waals surface area contributed by atoms with Gasteiger partial charge in [-0.2, -0.15) is 0 Å². The van der Waals surface area contributed by atoms with Gasteiger partial charge in [-0.3, -0.25) is 4.99 Å². The van der Waals surface area contributed by atoms with Crippen LogP contribution in [0.2, 0.25) is 0 Å². The molecule has 1 saturated heterocycles. The van der Waals surface area contributed by atoms with Crippen LogP contribution in [0.4, 0.5) is 0 Å². The van der Waals surface area contributed by atoms with Gasteiger partial charge in [0.15, 0.2) is 5.96 Å². The van der Waals surface area contributed by atoms with Crippen LogP contribution in [0.25, 0.3) is 0 Å². The van der Waals surface area contributed by atoms with Crippen LogP contribution in [-0.2, 0) is 5.41 Å². The molecule has 0 amide bonds. The molecule has 27 heavy (non-hydrogen) atoms. The molecule has 1 aliphatic carbocycles. The Morgan fingerprint density at radius 1 is 1.26 bits per heavy atom. The summed E-state index contributed by atoms with van der Waals surface area (Å²) >= 11 is 3.72. The van der Waals surface area contributed by atoms with E-state index in [1.807, 2.05) is 0 Å². The molecule has 0 radical (unpaired) electrons. The molecule has 1 aromatic carbocycles. The SMILES string of the molecule is CCNC(=NCC1(c2ccccc2Br)CC1)NC1CCN(C(C)C)CC1.I. The standard InChI is InChI=1S/C21H33BrN4.HI/c1-4-23-20(25-17-9-13-26(14-10-17)16(2)3)24-15-21(11-12-21)18-7-5-6-8-19(18)22;/h5-8,16-17H,4,9-15H2,1-3H3,(H2,23,24,25);1H. The molecular formula is C21H34BrIN4. The normalized spacial score (nSPS) is 20.3. The number of nitrogens with one attached hydrogen (secondary N) is 2. The number of rotatable bonds is 6. The van der Waals surface area contributed by atoms with Crippen molar-refractivity contribution in [1.29, 1.82) is 0 Å². The molecule has 152 valence electrons. The van der Waals surface area contributed by atoms with E-state index in [1.165, 1.54) is 48.8 Å². The Balaban J connectivity index is 0.00000261. The lowest BCUT2D eigenvalue weighted by Crippen LogP contribution is -2.50. The van der Waals surface area contributed by atoms with Gasteiger partial charge in [0.1, 0.15) is 0 Å². The van der Waals surface area contributed by atoms with E-state index >= 15 is 0 Å². The molecule has 0 unspecified atom stereocenters. The van der Waals surface area contributed by atoms with Crippen LogP contribution in [0, 0.1) is 0 Å². The lowest BCUT2D eigenvalue weighted by molar-refractivity contribution is 0.167. The first kappa shape index (κ1) is 22.9. The quantitative estimate of drug-likeness (QED) is 0.312. The van der Waals surface area contributed by atoms with Gasteiger partial charge in [0.2, 0.25) is 0 Å². The summed E-state index contributed by atoms with van der Waals surface area (Å²) in [4.78, 5) is 7.54.